The number of nitrogens with one attached hydrogen (secondary N) is 1. The molecule has 0 atom stereocenters. The fourth-order valence-electron chi connectivity index (χ4n) is 2.57. The normalized spacial score (nSPS) is 10.3. The number of aromatic nitrogens is 2. The average molecular weight is 349 g/mol. The number of hydrogen-bond donors (Lipinski definition) is 1. The number of methoxy groups -OCH3 is 1. The largest absolute Gasteiger partial charge is 0.468 e. The summed E-state index contributed by atoms with van der Waals surface area (Å²) in [5.74, 6) is -0.871. The standard InChI is InChI=1S/C20H19N3O3/c1-26-18(24)12-21-20(25)17-14-23(13-15-8-4-2-5-9-15)22-19(17)16-10-6-3-7-11-16/h2-11,14H,12-13H2,1H3,(H,21,25). The Morgan fingerprint density at radius 3 is 2.35 bits per heavy atom. The molecule has 1 aromatic heterocycles. The molecule has 0 aliphatic rings. The lowest BCUT2D eigenvalue weighted by Crippen LogP contribution is -2.30. The molecule has 0 spiro atoms. The number of rotatable bonds is 6. The van der Waals surface area contributed by atoms with E-state index in [9.17, 15) is 9.59 Å². The summed E-state index contributed by atoms with van der Waals surface area (Å²) in [7, 11) is 1.28. The summed E-state index contributed by atoms with van der Waals surface area (Å²) in [6.45, 7) is 0.360. The molecule has 0 saturated heterocycles. The summed E-state index contributed by atoms with van der Waals surface area (Å²) in [6.07, 6.45) is 1.70. The molecule has 26 heavy (non-hydrogen) atoms. The number of amides is 1. The van der Waals surface area contributed by atoms with E-state index < -0.39 is 5.97 Å². The predicted molar refractivity (Wildman–Crippen MR) is 97.6 cm³/mol. The molecule has 3 rings (SSSR count). The SMILES string of the molecule is COC(=O)CNC(=O)c1cn(Cc2ccccc2)nc1-c1ccccc1. The molecule has 3 aromatic rings. The summed E-state index contributed by atoms with van der Waals surface area (Å²) in [4.78, 5) is 23.8. The zero-order valence-corrected chi connectivity index (χ0v) is 14.4. The molecule has 2 aromatic carbocycles. The van der Waals surface area contributed by atoms with Crippen LogP contribution in [-0.2, 0) is 16.1 Å². The molecule has 1 heterocycles. The lowest BCUT2D eigenvalue weighted by molar-refractivity contribution is -0.139. The van der Waals surface area contributed by atoms with Gasteiger partial charge in [-0.05, 0) is 5.56 Å². The summed E-state index contributed by atoms with van der Waals surface area (Å²) in [6, 6.07) is 19.3. The number of esters is 1. The summed E-state index contributed by atoms with van der Waals surface area (Å²) in [5.41, 5.74) is 2.90. The van der Waals surface area contributed by atoms with Crippen molar-refractivity contribution < 1.29 is 14.3 Å². The van der Waals surface area contributed by atoms with Crippen LogP contribution in [-0.4, -0.2) is 35.3 Å². The van der Waals surface area contributed by atoms with Crippen LogP contribution in [0.25, 0.3) is 11.3 Å². The molecule has 6 heteroatoms. The average Bonchev–Trinajstić information content (AvgIpc) is 3.11. The van der Waals surface area contributed by atoms with E-state index in [0.717, 1.165) is 11.1 Å². The van der Waals surface area contributed by atoms with Crippen LogP contribution in [0.2, 0.25) is 0 Å². The number of hydrogen-bond acceptors (Lipinski definition) is 4. The Morgan fingerprint density at radius 1 is 1.04 bits per heavy atom. The van der Waals surface area contributed by atoms with Crippen LogP contribution in [0.5, 0.6) is 0 Å². The topological polar surface area (TPSA) is 73.2 Å². The monoisotopic (exact) mass is 349 g/mol. The van der Waals surface area contributed by atoms with Crippen LogP contribution in [0.3, 0.4) is 0 Å². The molecule has 0 saturated carbocycles. The molecule has 1 N–H and O–H groups in total. The Labute approximate surface area is 151 Å². The number of nitrogens with zero attached hydrogens (tertiary/aromatic N) is 2. The van der Waals surface area contributed by atoms with Gasteiger partial charge in [0.2, 0.25) is 0 Å². The molecule has 132 valence electrons. The minimum Gasteiger partial charge on any atom is -0.468 e. The van der Waals surface area contributed by atoms with Crippen molar-refractivity contribution in [1.82, 2.24) is 15.1 Å². The second-order valence-electron chi connectivity index (χ2n) is 5.70. The molecule has 0 aliphatic carbocycles. The quantitative estimate of drug-likeness (QED) is 0.694. The Balaban J connectivity index is 1.90. The predicted octanol–water partition coefficient (Wildman–Crippen LogP) is 2.50. The van der Waals surface area contributed by atoms with Crippen molar-refractivity contribution in [2.45, 2.75) is 6.54 Å². The van der Waals surface area contributed by atoms with E-state index in [2.05, 4.69) is 15.2 Å². The van der Waals surface area contributed by atoms with Gasteiger partial charge in [0.15, 0.2) is 0 Å². The number of carbonyl (C=O) groups is 2. The van der Waals surface area contributed by atoms with Gasteiger partial charge in [0.25, 0.3) is 5.91 Å². The van der Waals surface area contributed by atoms with Gasteiger partial charge in [-0.2, -0.15) is 5.10 Å². The van der Waals surface area contributed by atoms with Gasteiger partial charge in [-0.15, -0.1) is 0 Å². The highest BCUT2D eigenvalue weighted by atomic mass is 16.5. The highest BCUT2D eigenvalue weighted by Crippen LogP contribution is 2.22. The Bertz CT molecular complexity index is 889. The fraction of sp³-hybridized carbons (Fsp3) is 0.150. The number of ether oxygens (including phenoxy) is 1. The van der Waals surface area contributed by atoms with Crippen LogP contribution >= 0.6 is 0 Å². The van der Waals surface area contributed by atoms with Crippen molar-refractivity contribution in [3.8, 4) is 11.3 Å². The van der Waals surface area contributed by atoms with Gasteiger partial charge in [-0.1, -0.05) is 60.7 Å². The smallest absolute Gasteiger partial charge is 0.325 e. The van der Waals surface area contributed by atoms with Gasteiger partial charge < -0.3 is 10.1 Å². The maximum atomic E-state index is 12.6. The third-order valence-electron chi connectivity index (χ3n) is 3.86. The number of carbonyl (C=O) groups excluding carboxylic acids is 2. The van der Waals surface area contributed by atoms with E-state index in [0.29, 0.717) is 17.8 Å². The lowest BCUT2D eigenvalue weighted by atomic mass is 10.1. The summed E-state index contributed by atoms with van der Waals surface area (Å²) >= 11 is 0. The fourth-order valence-corrected chi connectivity index (χ4v) is 2.57. The summed E-state index contributed by atoms with van der Waals surface area (Å²) in [5, 5.41) is 7.15. The van der Waals surface area contributed by atoms with E-state index in [1.54, 1.807) is 10.9 Å². The molecule has 1 amide bonds. The Hall–Kier alpha value is -3.41. The van der Waals surface area contributed by atoms with E-state index >= 15 is 0 Å². The Kier molecular flexibility index (Phi) is 5.43. The lowest BCUT2D eigenvalue weighted by Gasteiger charge is -2.04. The van der Waals surface area contributed by atoms with E-state index in [1.807, 2.05) is 60.7 Å². The van der Waals surface area contributed by atoms with Crippen LogP contribution in [0.1, 0.15) is 15.9 Å². The van der Waals surface area contributed by atoms with Crippen LogP contribution < -0.4 is 5.32 Å². The highest BCUT2D eigenvalue weighted by Gasteiger charge is 2.18. The molecule has 0 bridgehead atoms. The summed E-state index contributed by atoms with van der Waals surface area (Å²) < 4.78 is 6.29. The molecular weight excluding hydrogens is 330 g/mol. The first kappa shape index (κ1) is 17.4. The first-order valence-electron chi connectivity index (χ1n) is 8.19. The van der Waals surface area contributed by atoms with Crippen molar-refractivity contribution in [1.29, 1.82) is 0 Å². The van der Waals surface area contributed by atoms with Crippen molar-refractivity contribution in [2.24, 2.45) is 0 Å². The van der Waals surface area contributed by atoms with E-state index in [4.69, 9.17) is 0 Å². The van der Waals surface area contributed by atoms with Gasteiger partial charge in [0.05, 0.1) is 19.2 Å². The van der Waals surface area contributed by atoms with Crippen molar-refractivity contribution in [3.05, 3.63) is 78.0 Å². The van der Waals surface area contributed by atoms with Crippen LogP contribution in [0.4, 0.5) is 0 Å². The minimum absolute atomic E-state index is 0.187. The minimum atomic E-state index is -0.503. The third-order valence-corrected chi connectivity index (χ3v) is 3.86. The van der Waals surface area contributed by atoms with Crippen LogP contribution in [0.15, 0.2) is 66.9 Å². The van der Waals surface area contributed by atoms with Gasteiger partial charge in [-0.3, -0.25) is 14.3 Å². The third kappa shape index (κ3) is 4.16. The van der Waals surface area contributed by atoms with Crippen molar-refractivity contribution in [2.75, 3.05) is 13.7 Å². The first-order chi connectivity index (χ1) is 12.7. The Morgan fingerprint density at radius 2 is 1.69 bits per heavy atom. The second-order valence-corrected chi connectivity index (χ2v) is 5.70. The maximum absolute atomic E-state index is 12.6. The molecule has 6 nitrogen and oxygen atoms in total. The van der Waals surface area contributed by atoms with Crippen molar-refractivity contribution >= 4 is 11.9 Å². The molecule has 0 unspecified atom stereocenters. The molecule has 0 radical (unpaired) electrons. The van der Waals surface area contributed by atoms with Crippen LogP contribution in [0, 0.1) is 0 Å². The van der Waals surface area contributed by atoms with Crippen molar-refractivity contribution in [3.63, 3.8) is 0 Å². The second kappa shape index (κ2) is 8.11. The molecule has 0 aliphatic heterocycles. The molecular formula is C20H19N3O3. The van der Waals surface area contributed by atoms with Gasteiger partial charge in [-0.25, -0.2) is 0 Å². The van der Waals surface area contributed by atoms with E-state index in [-0.39, 0.29) is 12.5 Å². The van der Waals surface area contributed by atoms with Gasteiger partial charge in [0, 0.05) is 11.8 Å². The molecule has 0 fully saturated rings. The van der Waals surface area contributed by atoms with E-state index in [1.165, 1.54) is 7.11 Å². The first-order valence-corrected chi connectivity index (χ1v) is 8.19. The number of benzene rings is 2. The highest BCUT2D eigenvalue weighted by molar-refractivity contribution is 6.00. The zero-order valence-electron chi connectivity index (χ0n) is 14.4. The maximum Gasteiger partial charge on any atom is 0.325 e. The zero-order chi connectivity index (χ0) is 18.4. The van der Waals surface area contributed by atoms with Gasteiger partial charge in [0.1, 0.15) is 12.2 Å². The van der Waals surface area contributed by atoms with Gasteiger partial charge >= 0.3 is 5.97 Å².